The summed E-state index contributed by atoms with van der Waals surface area (Å²) in [6.45, 7) is 0. The Morgan fingerprint density at radius 1 is 1.36 bits per heavy atom. The van der Waals surface area contributed by atoms with Crippen molar-refractivity contribution in [3.63, 3.8) is 0 Å². The quantitative estimate of drug-likeness (QED) is 0.591. The van der Waals surface area contributed by atoms with Crippen LogP contribution in [0.3, 0.4) is 0 Å². The fourth-order valence-electron chi connectivity index (χ4n) is 0.741. The molecule has 11 heavy (non-hydrogen) atoms. The lowest BCUT2D eigenvalue weighted by molar-refractivity contribution is -0.863. The van der Waals surface area contributed by atoms with E-state index in [1.165, 1.54) is 7.11 Å². The molecule has 0 saturated heterocycles. The van der Waals surface area contributed by atoms with Gasteiger partial charge in [0.1, 0.15) is 0 Å². The maximum absolute atomic E-state index is 11.0. The standard InChI is InChI=1S/C7H10N2O2/c1-11-8-9(10)7-5-3-2-4-6-7/h2-6,8-9H,1H3. The van der Waals surface area contributed by atoms with Gasteiger partial charge in [-0.15, -0.1) is 0 Å². The Morgan fingerprint density at radius 2 is 2.00 bits per heavy atom. The van der Waals surface area contributed by atoms with E-state index in [-0.39, 0.29) is 5.17 Å². The zero-order chi connectivity index (χ0) is 8.10. The Kier molecular flexibility index (Phi) is 3.00. The smallest absolute Gasteiger partial charge is 0.152 e. The van der Waals surface area contributed by atoms with Crippen LogP contribution >= 0.6 is 0 Å². The molecule has 1 rings (SSSR count). The molecule has 1 atom stereocenters. The zero-order valence-corrected chi connectivity index (χ0v) is 6.20. The van der Waals surface area contributed by atoms with Gasteiger partial charge in [0.15, 0.2) is 5.69 Å². The van der Waals surface area contributed by atoms with Crippen LogP contribution in [0.4, 0.5) is 5.69 Å². The number of hydrogen-bond donors (Lipinski definition) is 2. The fraction of sp³-hybridized carbons (Fsp3) is 0.143. The average molecular weight is 154 g/mol. The Balaban J connectivity index is 2.61. The van der Waals surface area contributed by atoms with Crippen molar-refractivity contribution in [2.45, 2.75) is 0 Å². The largest absolute Gasteiger partial charge is 0.606 e. The summed E-state index contributed by atoms with van der Waals surface area (Å²) in [5.74, 6) is 0. The first-order valence-corrected chi connectivity index (χ1v) is 3.23. The van der Waals surface area contributed by atoms with E-state index in [0.29, 0.717) is 5.69 Å². The number of benzene rings is 1. The van der Waals surface area contributed by atoms with Crippen LogP contribution in [0.15, 0.2) is 30.3 Å². The highest BCUT2D eigenvalue weighted by atomic mass is 16.7. The maximum Gasteiger partial charge on any atom is 0.152 e. The summed E-state index contributed by atoms with van der Waals surface area (Å²) >= 11 is 0. The van der Waals surface area contributed by atoms with Gasteiger partial charge in [-0.2, -0.15) is 0 Å². The molecule has 0 amide bonds. The summed E-state index contributed by atoms with van der Waals surface area (Å²) in [7, 11) is 1.40. The number of rotatable bonds is 3. The van der Waals surface area contributed by atoms with Crippen molar-refractivity contribution in [3.8, 4) is 0 Å². The molecule has 0 aliphatic rings. The summed E-state index contributed by atoms with van der Waals surface area (Å²) in [5, 5.41) is 10.8. The molecule has 0 radical (unpaired) electrons. The van der Waals surface area contributed by atoms with Crippen LogP contribution < -0.4 is 10.8 Å². The first-order valence-electron chi connectivity index (χ1n) is 3.23. The minimum atomic E-state index is -0.229. The van der Waals surface area contributed by atoms with Gasteiger partial charge in [0.25, 0.3) is 0 Å². The normalized spacial score (nSPS) is 12.9. The molecule has 1 aromatic rings. The molecule has 4 heteroatoms. The summed E-state index contributed by atoms with van der Waals surface area (Å²) in [4.78, 5) is 4.46. The predicted octanol–water partition coefficient (Wildman–Crippen LogP) is -0.233. The lowest BCUT2D eigenvalue weighted by atomic mass is 10.3. The van der Waals surface area contributed by atoms with Gasteiger partial charge in [0.2, 0.25) is 0 Å². The summed E-state index contributed by atoms with van der Waals surface area (Å²) < 4.78 is 0. The Bertz CT molecular complexity index is 203. The van der Waals surface area contributed by atoms with Crippen molar-refractivity contribution >= 4 is 5.69 Å². The van der Waals surface area contributed by atoms with Crippen molar-refractivity contribution in [3.05, 3.63) is 35.5 Å². The third-order valence-corrected chi connectivity index (χ3v) is 1.23. The van der Waals surface area contributed by atoms with E-state index in [1.807, 2.05) is 6.07 Å². The third kappa shape index (κ3) is 2.28. The van der Waals surface area contributed by atoms with Gasteiger partial charge in [-0.25, -0.2) is 5.17 Å². The van der Waals surface area contributed by atoms with Crippen LogP contribution in [0.25, 0.3) is 0 Å². The molecule has 0 aliphatic carbocycles. The molecule has 0 heterocycles. The molecule has 0 saturated carbocycles. The molecule has 2 N–H and O–H groups in total. The SMILES string of the molecule is CON[NH+]([O-])c1ccccc1. The lowest BCUT2D eigenvalue weighted by Gasteiger charge is -2.18. The van der Waals surface area contributed by atoms with Crippen LogP contribution in [0.2, 0.25) is 0 Å². The topological polar surface area (TPSA) is 48.8 Å². The summed E-state index contributed by atoms with van der Waals surface area (Å²) in [6, 6.07) is 8.88. The Hall–Kier alpha value is -0.940. The van der Waals surface area contributed by atoms with E-state index in [2.05, 4.69) is 10.4 Å². The van der Waals surface area contributed by atoms with Crippen LogP contribution in [0, 0.1) is 5.21 Å². The highest BCUT2D eigenvalue weighted by molar-refractivity contribution is 5.27. The van der Waals surface area contributed by atoms with Crippen molar-refractivity contribution in [2.24, 2.45) is 0 Å². The van der Waals surface area contributed by atoms with Gasteiger partial charge in [-0.05, 0) is 5.59 Å². The van der Waals surface area contributed by atoms with Crippen LogP contribution in [-0.2, 0) is 4.84 Å². The number of nitrogens with one attached hydrogen (secondary N) is 2. The summed E-state index contributed by atoms with van der Waals surface area (Å²) in [6.07, 6.45) is 0. The second-order valence-corrected chi connectivity index (χ2v) is 2.00. The Labute approximate surface area is 64.9 Å². The molecule has 0 aromatic heterocycles. The van der Waals surface area contributed by atoms with E-state index < -0.39 is 0 Å². The zero-order valence-electron chi connectivity index (χ0n) is 6.20. The number of hydrogen-bond acceptors (Lipinski definition) is 3. The minimum Gasteiger partial charge on any atom is -0.606 e. The fourth-order valence-corrected chi connectivity index (χ4v) is 0.741. The molecular weight excluding hydrogens is 144 g/mol. The van der Waals surface area contributed by atoms with E-state index in [1.54, 1.807) is 24.3 Å². The van der Waals surface area contributed by atoms with Crippen molar-refractivity contribution in [2.75, 3.05) is 7.11 Å². The third-order valence-electron chi connectivity index (χ3n) is 1.23. The van der Waals surface area contributed by atoms with Gasteiger partial charge < -0.3 is 5.21 Å². The predicted molar refractivity (Wildman–Crippen MR) is 40.6 cm³/mol. The molecule has 0 fully saturated rings. The van der Waals surface area contributed by atoms with Crippen LogP contribution in [0.5, 0.6) is 0 Å². The van der Waals surface area contributed by atoms with Gasteiger partial charge in [-0.1, -0.05) is 18.2 Å². The van der Waals surface area contributed by atoms with Crippen molar-refractivity contribution in [1.82, 2.24) is 5.59 Å². The van der Waals surface area contributed by atoms with Gasteiger partial charge in [-0.3, -0.25) is 4.84 Å². The maximum atomic E-state index is 11.0. The number of para-hydroxylation sites is 1. The van der Waals surface area contributed by atoms with E-state index in [0.717, 1.165) is 0 Å². The molecule has 0 spiro atoms. The molecule has 60 valence electrons. The first-order chi connectivity index (χ1) is 5.34. The van der Waals surface area contributed by atoms with Gasteiger partial charge in [0, 0.05) is 12.1 Å². The first kappa shape index (κ1) is 8.16. The molecule has 1 aromatic carbocycles. The highest BCUT2D eigenvalue weighted by Crippen LogP contribution is 1.96. The summed E-state index contributed by atoms with van der Waals surface area (Å²) in [5.41, 5.74) is 2.81. The number of quaternary nitrogens is 1. The molecule has 0 bridgehead atoms. The van der Waals surface area contributed by atoms with Crippen LogP contribution in [0.1, 0.15) is 0 Å². The molecule has 0 aliphatic heterocycles. The second kappa shape index (κ2) is 4.05. The molecule has 4 nitrogen and oxygen atoms in total. The molecular formula is C7H10N2O2. The average Bonchev–Trinajstić information content (AvgIpc) is 2.07. The lowest BCUT2D eigenvalue weighted by Crippen LogP contribution is -3.09. The van der Waals surface area contributed by atoms with E-state index in [4.69, 9.17) is 0 Å². The highest BCUT2D eigenvalue weighted by Gasteiger charge is 1.97. The van der Waals surface area contributed by atoms with Gasteiger partial charge in [0.05, 0.1) is 7.11 Å². The molecule has 1 unspecified atom stereocenters. The Morgan fingerprint density at radius 3 is 2.55 bits per heavy atom. The van der Waals surface area contributed by atoms with Crippen molar-refractivity contribution < 1.29 is 10.0 Å². The van der Waals surface area contributed by atoms with E-state index >= 15 is 0 Å². The second-order valence-electron chi connectivity index (χ2n) is 2.00. The van der Waals surface area contributed by atoms with Crippen molar-refractivity contribution in [1.29, 1.82) is 0 Å². The van der Waals surface area contributed by atoms with E-state index in [9.17, 15) is 5.21 Å². The minimum absolute atomic E-state index is 0.229. The monoisotopic (exact) mass is 154 g/mol. The van der Waals surface area contributed by atoms with Gasteiger partial charge >= 0.3 is 0 Å². The van der Waals surface area contributed by atoms with Crippen LogP contribution in [-0.4, -0.2) is 7.11 Å².